The van der Waals surface area contributed by atoms with E-state index >= 15 is 0 Å². The summed E-state index contributed by atoms with van der Waals surface area (Å²) in [7, 11) is 0. The van der Waals surface area contributed by atoms with Crippen LogP contribution in [0.3, 0.4) is 0 Å². The number of carbonyl (C=O) groups excluding carboxylic acids is 1. The van der Waals surface area contributed by atoms with Crippen molar-refractivity contribution in [2.24, 2.45) is 0 Å². The Morgan fingerprint density at radius 3 is 2.43 bits per heavy atom. The zero-order valence-electron chi connectivity index (χ0n) is 14.6. The number of aliphatic hydroxyl groups is 1. The van der Waals surface area contributed by atoms with Crippen LogP contribution in [0.25, 0.3) is 0 Å². The highest BCUT2D eigenvalue weighted by Gasteiger charge is 2.43. The van der Waals surface area contributed by atoms with E-state index in [9.17, 15) is 23.1 Å². The maximum Gasteiger partial charge on any atom is 0.417 e. The molecule has 28 heavy (non-hydrogen) atoms. The summed E-state index contributed by atoms with van der Waals surface area (Å²) in [6.45, 7) is 0. The van der Waals surface area contributed by atoms with E-state index in [4.69, 9.17) is 23.2 Å². The Labute approximate surface area is 169 Å². The Bertz CT molecular complexity index is 884. The number of nitrogens with zero attached hydrogens (tertiary/aromatic N) is 1. The van der Waals surface area contributed by atoms with Crippen LogP contribution in [-0.4, -0.2) is 21.6 Å². The predicted molar refractivity (Wildman–Crippen MR) is 99.3 cm³/mol. The molecule has 150 valence electrons. The largest absolute Gasteiger partial charge is 0.417 e. The van der Waals surface area contributed by atoms with Crippen LogP contribution in [-0.2, 0) is 6.18 Å². The van der Waals surface area contributed by atoms with E-state index in [1.807, 2.05) is 0 Å². The summed E-state index contributed by atoms with van der Waals surface area (Å²) in [5.74, 6) is -0.915. The fraction of sp³-hybridized carbons (Fsp3) is 0.368. The first-order valence-electron chi connectivity index (χ1n) is 8.63. The summed E-state index contributed by atoms with van der Waals surface area (Å²) in [5, 5.41) is 13.2. The van der Waals surface area contributed by atoms with E-state index in [2.05, 4.69) is 10.3 Å². The quantitative estimate of drug-likeness (QED) is 0.699. The van der Waals surface area contributed by atoms with Crippen molar-refractivity contribution in [1.29, 1.82) is 0 Å². The van der Waals surface area contributed by atoms with Crippen molar-refractivity contribution in [2.75, 3.05) is 0 Å². The van der Waals surface area contributed by atoms with E-state index in [-0.39, 0.29) is 0 Å². The van der Waals surface area contributed by atoms with Gasteiger partial charge in [-0.05, 0) is 30.5 Å². The van der Waals surface area contributed by atoms with Crippen LogP contribution in [0.15, 0.2) is 36.5 Å². The number of nitrogens with one attached hydrogen (secondary N) is 1. The average Bonchev–Trinajstić information content (AvgIpc) is 3.07. The van der Waals surface area contributed by atoms with Gasteiger partial charge in [0.1, 0.15) is 5.69 Å². The zero-order chi connectivity index (χ0) is 20.5. The first-order valence-corrected chi connectivity index (χ1v) is 9.38. The highest BCUT2D eigenvalue weighted by molar-refractivity contribution is 6.34. The Kier molecular flexibility index (Phi) is 5.89. The van der Waals surface area contributed by atoms with Crippen molar-refractivity contribution in [3.8, 4) is 0 Å². The van der Waals surface area contributed by atoms with E-state index in [0.29, 0.717) is 29.5 Å². The number of hydrogen-bond acceptors (Lipinski definition) is 3. The normalized spacial score (nSPS) is 17.4. The molecule has 1 atom stereocenters. The van der Waals surface area contributed by atoms with Crippen molar-refractivity contribution in [1.82, 2.24) is 10.3 Å². The summed E-state index contributed by atoms with van der Waals surface area (Å²) in [4.78, 5) is 16.5. The lowest BCUT2D eigenvalue weighted by atomic mass is 9.86. The third-order valence-corrected chi connectivity index (χ3v) is 5.63. The van der Waals surface area contributed by atoms with Crippen LogP contribution in [0.1, 0.15) is 53.3 Å². The second kappa shape index (κ2) is 7.89. The Morgan fingerprint density at radius 2 is 1.82 bits per heavy atom. The van der Waals surface area contributed by atoms with Gasteiger partial charge in [0, 0.05) is 11.2 Å². The first kappa shape index (κ1) is 20.9. The number of pyridine rings is 1. The molecular weight excluding hydrogens is 416 g/mol. The van der Waals surface area contributed by atoms with Gasteiger partial charge in [0.2, 0.25) is 0 Å². The highest BCUT2D eigenvalue weighted by atomic mass is 35.5. The molecule has 2 aromatic rings. The number of halogens is 5. The van der Waals surface area contributed by atoms with Crippen LogP contribution in [0.4, 0.5) is 13.2 Å². The first-order chi connectivity index (χ1) is 13.1. The number of benzene rings is 1. The van der Waals surface area contributed by atoms with Crippen LogP contribution in [0.2, 0.25) is 10.0 Å². The molecule has 1 saturated carbocycles. The Morgan fingerprint density at radius 1 is 1.18 bits per heavy atom. The Hall–Kier alpha value is -1.83. The van der Waals surface area contributed by atoms with Crippen LogP contribution in [0, 0.1) is 0 Å². The highest BCUT2D eigenvalue weighted by Crippen LogP contribution is 2.42. The van der Waals surface area contributed by atoms with Crippen molar-refractivity contribution >= 4 is 29.1 Å². The maximum absolute atomic E-state index is 13.1. The summed E-state index contributed by atoms with van der Waals surface area (Å²) in [6.07, 6.45) is -1.48. The van der Waals surface area contributed by atoms with Gasteiger partial charge in [0.05, 0.1) is 22.2 Å². The minimum atomic E-state index is -4.72. The molecule has 1 aliphatic rings. The molecule has 1 aromatic carbocycles. The number of rotatable bonds is 4. The average molecular weight is 433 g/mol. The van der Waals surface area contributed by atoms with E-state index in [0.717, 1.165) is 19.0 Å². The molecule has 1 aliphatic carbocycles. The molecule has 1 amide bonds. The molecular formula is C19H17Cl2F3N2O2. The van der Waals surface area contributed by atoms with Crippen molar-refractivity contribution in [3.63, 3.8) is 0 Å². The van der Waals surface area contributed by atoms with Gasteiger partial charge in [-0.1, -0.05) is 54.2 Å². The fourth-order valence-corrected chi connectivity index (χ4v) is 4.06. The molecule has 9 heteroatoms. The van der Waals surface area contributed by atoms with Gasteiger partial charge in [0.15, 0.2) is 0 Å². The lowest BCUT2D eigenvalue weighted by molar-refractivity contribution is -0.137. The molecule has 1 heterocycles. The topological polar surface area (TPSA) is 62.2 Å². The van der Waals surface area contributed by atoms with Crippen molar-refractivity contribution in [2.45, 2.75) is 43.5 Å². The van der Waals surface area contributed by atoms with Gasteiger partial charge >= 0.3 is 6.18 Å². The third-order valence-electron chi connectivity index (χ3n) is 4.91. The zero-order valence-corrected chi connectivity index (χ0v) is 16.1. The second-order valence-electron chi connectivity index (χ2n) is 6.76. The Balaban J connectivity index is 1.98. The lowest BCUT2D eigenvalue weighted by Gasteiger charge is -2.34. The standard InChI is InChI=1S/C19H17Cl2F3N2O2/c20-13-6-2-1-5-11(13)16(18(28)8-3-4-9-18)26-17(27)15-14(21)12(7-10-25-15)19(22,23)24/h1-2,5-7,10,16,28H,3-4,8-9H2,(H,26,27). The summed E-state index contributed by atoms with van der Waals surface area (Å²) < 4.78 is 39.2. The molecule has 2 N–H and O–H groups in total. The molecule has 1 fully saturated rings. The van der Waals surface area contributed by atoms with Crippen LogP contribution < -0.4 is 5.32 Å². The SMILES string of the molecule is O=C(NC(c1ccccc1Cl)C1(O)CCCC1)c1nccc(C(F)(F)F)c1Cl. The van der Waals surface area contributed by atoms with Gasteiger partial charge in [0.25, 0.3) is 5.91 Å². The number of alkyl halides is 3. The smallest absolute Gasteiger partial charge is 0.387 e. The van der Waals surface area contributed by atoms with Gasteiger partial charge in [-0.3, -0.25) is 4.79 Å². The van der Waals surface area contributed by atoms with Gasteiger partial charge < -0.3 is 10.4 Å². The van der Waals surface area contributed by atoms with Gasteiger partial charge in [-0.25, -0.2) is 4.98 Å². The lowest BCUT2D eigenvalue weighted by Crippen LogP contribution is -2.45. The molecule has 3 rings (SSSR count). The van der Waals surface area contributed by atoms with Crippen LogP contribution in [0.5, 0.6) is 0 Å². The van der Waals surface area contributed by atoms with Crippen molar-refractivity contribution in [3.05, 3.63) is 63.4 Å². The number of aromatic nitrogens is 1. The van der Waals surface area contributed by atoms with Crippen molar-refractivity contribution < 1.29 is 23.1 Å². The number of hydrogen-bond donors (Lipinski definition) is 2. The predicted octanol–water partition coefficient (Wildman–Crippen LogP) is 5.18. The van der Waals surface area contributed by atoms with E-state index < -0.39 is 40.0 Å². The summed E-state index contributed by atoms with van der Waals surface area (Å²) >= 11 is 12.1. The molecule has 0 aliphatic heterocycles. The van der Waals surface area contributed by atoms with Gasteiger partial charge in [-0.2, -0.15) is 13.2 Å². The molecule has 0 radical (unpaired) electrons. The molecule has 1 aromatic heterocycles. The van der Waals surface area contributed by atoms with Crippen LogP contribution >= 0.6 is 23.2 Å². The maximum atomic E-state index is 13.1. The van der Waals surface area contributed by atoms with E-state index in [1.165, 1.54) is 0 Å². The third kappa shape index (κ3) is 4.11. The molecule has 4 nitrogen and oxygen atoms in total. The molecule has 0 bridgehead atoms. The number of amides is 1. The van der Waals surface area contributed by atoms with E-state index in [1.54, 1.807) is 24.3 Å². The fourth-order valence-electron chi connectivity index (χ4n) is 3.51. The minimum absolute atomic E-state index is 0.330. The monoisotopic (exact) mass is 432 g/mol. The summed E-state index contributed by atoms with van der Waals surface area (Å²) in [5.41, 5.74) is -2.50. The molecule has 1 unspecified atom stereocenters. The number of carbonyl (C=O) groups is 1. The van der Waals surface area contributed by atoms with Gasteiger partial charge in [-0.15, -0.1) is 0 Å². The molecule has 0 spiro atoms. The second-order valence-corrected chi connectivity index (χ2v) is 7.54. The minimum Gasteiger partial charge on any atom is -0.387 e. The molecule has 0 saturated heterocycles. The summed E-state index contributed by atoms with van der Waals surface area (Å²) in [6, 6.07) is 6.47.